The van der Waals surface area contributed by atoms with Crippen molar-refractivity contribution in [2.75, 3.05) is 19.4 Å². The van der Waals surface area contributed by atoms with E-state index < -0.39 is 22.5 Å². The Bertz CT molecular complexity index is 1150. The van der Waals surface area contributed by atoms with Gasteiger partial charge in [-0.25, -0.2) is 8.42 Å². The van der Waals surface area contributed by atoms with Gasteiger partial charge in [0.1, 0.15) is 6.04 Å². The van der Waals surface area contributed by atoms with Gasteiger partial charge in [0.05, 0.1) is 17.2 Å². The molecule has 0 bridgehead atoms. The van der Waals surface area contributed by atoms with E-state index in [0.717, 1.165) is 28.2 Å². The highest BCUT2D eigenvalue weighted by Gasteiger charge is 2.17. The summed E-state index contributed by atoms with van der Waals surface area (Å²) in [6, 6.07) is 17.8. The summed E-state index contributed by atoms with van der Waals surface area (Å²) in [6.07, 6.45) is 1.78. The minimum Gasteiger partial charge on any atom is -0.394 e. The summed E-state index contributed by atoms with van der Waals surface area (Å²) >= 11 is 0. The first-order chi connectivity index (χ1) is 14.7. The maximum atomic E-state index is 11.8. The molecule has 7 nitrogen and oxygen atoms in total. The van der Waals surface area contributed by atoms with Crippen LogP contribution in [0.2, 0.25) is 0 Å². The van der Waals surface area contributed by atoms with Crippen molar-refractivity contribution in [3.05, 3.63) is 71.9 Å². The largest absolute Gasteiger partial charge is 0.394 e. The van der Waals surface area contributed by atoms with E-state index in [4.69, 9.17) is 10.8 Å². The number of sulfone groups is 1. The van der Waals surface area contributed by atoms with Crippen LogP contribution in [0.15, 0.2) is 65.6 Å². The third-order valence-electron chi connectivity index (χ3n) is 5.17. The average Bonchev–Trinajstić information content (AvgIpc) is 3.09. The molecule has 0 spiro atoms. The second kappa shape index (κ2) is 9.47. The molecule has 2 aromatic carbocycles. The molecule has 8 heteroatoms. The number of aliphatic hydroxyl groups is 1. The fourth-order valence-corrected chi connectivity index (χ4v) is 4.07. The molecule has 3 aromatic rings. The van der Waals surface area contributed by atoms with E-state index in [1.165, 1.54) is 6.26 Å². The molecule has 3 rings (SSSR count). The van der Waals surface area contributed by atoms with Gasteiger partial charge in [-0.15, -0.1) is 0 Å². The van der Waals surface area contributed by atoms with Crippen LogP contribution in [0.25, 0.3) is 16.9 Å². The first kappa shape index (κ1) is 22.7. The zero-order chi connectivity index (χ0) is 22.6. The van der Waals surface area contributed by atoms with Crippen molar-refractivity contribution < 1.29 is 18.3 Å². The van der Waals surface area contributed by atoms with Gasteiger partial charge in [0.2, 0.25) is 5.91 Å². The van der Waals surface area contributed by atoms with Crippen molar-refractivity contribution in [1.82, 2.24) is 9.88 Å². The number of benzene rings is 2. The fraction of sp³-hybridized carbons (Fsp3) is 0.261. The minimum atomic E-state index is -3.27. The summed E-state index contributed by atoms with van der Waals surface area (Å²) in [5.74, 6) is -0.390. The van der Waals surface area contributed by atoms with E-state index in [1.807, 2.05) is 37.3 Å². The van der Waals surface area contributed by atoms with Crippen molar-refractivity contribution in [2.24, 2.45) is 5.73 Å². The Kier molecular flexibility index (Phi) is 6.94. The zero-order valence-electron chi connectivity index (χ0n) is 17.6. The quantitative estimate of drug-likeness (QED) is 0.493. The molecule has 0 unspecified atom stereocenters. The van der Waals surface area contributed by atoms with E-state index in [-0.39, 0.29) is 10.8 Å². The highest BCUT2D eigenvalue weighted by molar-refractivity contribution is 7.90. The van der Waals surface area contributed by atoms with Gasteiger partial charge in [-0.05, 0) is 54.8 Å². The van der Waals surface area contributed by atoms with Gasteiger partial charge in [-0.1, -0.05) is 30.3 Å². The van der Waals surface area contributed by atoms with Crippen LogP contribution >= 0.6 is 0 Å². The van der Waals surface area contributed by atoms with Gasteiger partial charge in [-0.3, -0.25) is 4.79 Å². The molecule has 164 valence electrons. The molecule has 0 saturated heterocycles. The maximum absolute atomic E-state index is 11.8. The molecular weight excluding hydrogens is 414 g/mol. The van der Waals surface area contributed by atoms with Crippen LogP contribution in [0.4, 0.5) is 0 Å². The second-order valence-corrected chi connectivity index (χ2v) is 9.45. The lowest BCUT2D eigenvalue weighted by atomic mass is 10.1. The van der Waals surface area contributed by atoms with Crippen molar-refractivity contribution in [1.29, 1.82) is 0 Å². The van der Waals surface area contributed by atoms with Gasteiger partial charge >= 0.3 is 0 Å². The standard InChI is InChI=1S/C23H27N3O4S/c1-16-18(12-13-25-23(28)21(24)15-27)14-22(26(16)19-6-4-3-5-7-19)17-8-10-20(11-9-17)31(2,29)30/h3-11,14,21,27H,12-13,15,24H2,1-2H3,(H,25,28)/t21-/m1/s1. The number of carbonyl (C=O) groups is 1. The van der Waals surface area contributed by atoms with Crippen LogP contribution < -0.4 is 11.1 Å². The fourth-order valence-electron chi connectivity index (χ4n) is 3.44. The molecule has 1 atom stereocenters. The lowest BCUT2D eigenvalue weighted by molar-refractivity contribution is -0.123. The third kappa shape index (κ3) is 5.22. The Labute approximate surface area is 182 Å². The summed E-state index contributed by atoms with van der Waals surface area (Å²) in [5, 5.41) is 11.7. The number of rotatable bonds is 8. The van der Waals surface area contributed by atoms with Gasteiger partial charge in [-0.2, -0.15) is 0 Å². The third-order valence-corrected chi connectivity index (χ3v) is 6.30. The number of aromatic nitrogens is 1. The Morgan fingerprint density at radius 2 is 1.77 bits per heavy atom. The molecule has 0 aliphatic carbocycles. The van der Waals surface area contributed by atoms with Gasteiger partial charge in [0.15, 0.2) is 9.84 Å². The maximum Gasteiger partial charge on any atom is 0.239 e. The number of hydrogen-bond acceptors (Lipinski definition) is 5. The normalized spacial score (nSPS) is 12.5. The molecule has 31 heavy (non-hydrogen) atoms. The number of aliphatic hydroxyl groups excluding tert-OH is 1. The van der Waals surface area contributed by atoms with E-state index in [9.17, 15) is 13.2 Å². The van der Waals surface area contributed by atoms with Crippen molar-refractivity contribution >= 4 is 15.7 Å². The van der Waals surface area contributed by atoms with Crippen LogP contribution in [-0.2, 0) is 21.1 Å². The van der Waals surface area contributed by atoms with Crippen molar-refractivity contribution in [3.8, 4) is 16.9 Å². The average molecular weight is 442 g/mol. The van der Waals surface area contributed by atoms with Gasteiger partial charge in [0.25, 0.3) is 0 Å². The van der Waals surface area contributed by atoms with Crippen LogP contribution in [0.3, 0.4) is 0 Å². The number of para-hydroxylation sites is 1. The number of carbonyl (C=O) groups excluding carboxylic acids is 1. The Morgan fingerprint density at radius 1 is 1.13 bits per heavy atom. The summed E-state index contributed by atoms with van der Waals surface area (Å²) < 4.78 is 25.7. The first-order valence-electron chi connectivity index (χ1n) is 9.93. The summed E-state index contributed by atoms with van der Waals surface area (Å²) in [6.45, 7) is 2.00. The smallest absolute Gasteiger partial charge is 0.239 e. The van der Waals surface area contributed by atoms with Crippen LogP contribution in [-0.4, -0.2) is 49.4 Å². The van der Waals surface area contributed by atoms with Crippen LogP contribution in [0.1, 0.15) is 11.3 Å². The van der Waals surface area contributed by atoms with E-state index >= 15 is 0 Å². The van der Waals surface area contributed by atoms with Crippen LogP contribution in [0.5, 0.6) is 0 Å². The number of nitrogens with one attached hydrogen (secondary N) is 1. The predicted octanol–water partition coefficient (Wildman–Crippen LogP) is 1.83. The molecule has 1 aromatic heterocycles. The van der Waals surface area contributed by atoms with E-state index in [1.54, 1.807) is 24.3 Å². The molecule has 0 radical (unpaired) electrons. The molecule has 0 aliphatic rings. The highest BCUT2D eigenvalue weighted by Crippen LogP contribution is 2.30. The Balaban J connectivity index is 1.96. The molecule has 1 heterocycles. The summed E-state index contributed by atoms with van der Waals surface area (Å²) in [5.41, 5.74) is 10.4. The van der Waals surface area contributed by atoms with Crippen LogP contribution in [0, 0.1) is 6.92 Å². The SMILES string of the molecule is Cc1c(CCNC(=O)[C@H](N)CO)cc(-c2ccc(S(C)(=O)=O)cc2)n1-c1ccccc1. The zero-order valence-corrected chi connectivity index (χ0v) is 18.4. The lowest BCUT2D eigenvalue weighted by Crippen LogP contribution is -2.43. The molecule has 0 fully saturated rings. The van der Waals surface area contributed by atoms with Crippen molar-refractivity contribution in [3.63, 3.8) is 0 Å². The molecule has 0 saturated carbocycles. The monoisotopic (exact) mass is 441 g/mol. The molecule has 0 aliphatic heterocycles. The number of hydrogen-bond donors (Lipinski definition) is 3. The predicted molar refractivity (Wildman–Crippen MR) is 121 cm³/mol. The van der Waals surface area contributed by atoms with Gasteiger partial charge < -0.3 is 20.7 Å². The topological polar surface area (TPSA) is 114 Å². The molecule has 1 amide bonds. The molecule has 4 N–H and O–H groups in total. The van der Waals surface area contributed by atoms with E-state index in [2.05, 4.69) is 16.0 Å². The Morgan fingerprint density at radius 3 is 2.35 bits per heavy atom. The number of amides is 1. The lowest BCUT2D eigenvalue weighted by Gasteiger charge is -2.13. The first-order valence-corrected chi connectivity index (χ1v) is 11.8. The number of nitrogens with two attached hydrogens (primary N) is 1. The van der Waals surface area contributed by atoms with Gasteiger partial charge in [0, 0.05) is 24.2 Å². The Hall–Kier alpha value is -2.94. The minimum absolute atomic E-state index is 0.272. The molecular formula is C23H27N3O4S. The number of nitrogens with zero attached hydrogens (tertiary/aromatic N) is 1. The second-order valence-electron chi connectivity index (χ2n) is 7.44. The summed E-state index contributed by atoms with van der Waals surface area (Å²) in [7, 11) is -3.27. The van der Waals surface area contributed by atoms with Crippen molar-refractivity contribution in [2.45, 2.75) is 24.3 Å². The highest BCUT2D eigenvalue weighted by atomic mass is 32.2. The van der Waals surface area contributed by atoms with E-state index in [0.29, 0.717) is 13.0 Å². The summed E-state index contributed by atoms with van der Waals surface area (Å²) in [4.78, 5) is 12.1.